The van der Waals surface area contributed by atoms with Gasteiger partial charge in [-0.15, -0.1) is 0 Å². The first-order valence-corrected chi connectivity index (χ1v) is 4.46. The molecule has 0 amide bonds. The number of aromatic nitrogens is 3. The Labute approximate surface area is 86.8 Å². The molecule has 5 nitrogen and oxygen atoms in total. The van der Waals surface area contributed by atoms with Crippen LogP contribution in [0.5, 0.6) is 0 Å². The maximum absolute atomic E-state index is 8.69. The highest BCUT2D eigenvalue weighted by atomic mass is 15.1. The molecule has 15 heavy (non-hydrogen) atoms. The van der Waals surface area contributed by atoms with Crippen LogP contribution in [0.25, 0.3) is 0 Å². The molecule has 74 valence electrons. The summed E-state index contributed by atoms with van der Waals surface area (Å²) in [6.45, 7) is 0.637. The summed E-state index contributed by atoms with van der Waals surface area (Å²) in [5, 5.41) is 18.3. The lowest BCUT2D eigenvalue weighted by Gasteiger charge is -2.02. The van der Waals surface area contributed by atoms with E-state index in [1.807, 2.05) is 0 Å². The molecule has 0 aliphatic heterocycles. The number of aromatic amines is 1. The summed E-state index contributed by atoms with van der Waals surface area (Å²) in [5.41, 5.74) is 1.64. The molecule has 0 fully saturated rings. The van der Waals surface area contributed by atoms with E-state index in [1.54, 1.807) is 30.7 Å². The second-order valence-electron chi connectivity index (χ2n) is 3.00. The average Bonchev–Trinajstić information content (AvgIpc) is 2.79. The van der Waals surface area contributed by atoms with Crippen molar-refractivity contribution < 1.29 is 0 Å². The minimum atomic E-state index is 0.597. The van der Waals surface area contributed by atoms with Crippen LogP contribution in [0, 0.1) is 11.3 Å². The van der Waals surface area contributed by atoms with Gasteiger partial charge in [0.1, 0.15) is 5.82 Å². The number of hydrogen-bond donors (Lipinski definition) is 2. The molecule has 0 aromatic carbocycles. The highest BCUT2D eigenvalue weighted by Crippen LogP contribution is 2.07. The topological polar surface area (TPSA) is 77.4 Å². The van der Waals surface area contributed by atoms with E-state index in [2.05, 4.69) is 26.6 Å². The zero-order valence-corrected chi connectivity index (χ0v) is 7.94. The van der Waals surface area contributed by atoms with E-state index < -0.39 is 0 Å². The molecule has 0 spiro atoms. The third kappa shape index (κ3) is 2.31. The first-order valence-electron chi connectivity index (χ1n) is 4.46. The summed E-state index contributed by atoms with van der Waals surface area (Å²) in [4.78, 5) is 4.09. The Morgan fingerprint density at radius 1 is 1.53 bits per heavy atom. The molecule has 0 atom stereocenters. The fraction of sp³-hybridized carbons (Fsp3) is 0.100. The third-order valence-corrected chi connectivity index (χ3v) is 1.92. The van der Waals surface area contributed by atoms with Crippen LogP contribution in [-0.4, -0.2) is 15.2 Å². The Bertz CT molecular complexity index is 469. The first kappa shape index (κ1) is 9.21. The number of hydrogen-bond acceptors (Lipinski definition) is 4. The lowest BCUT2D eigenvalue weighted by Crippen LogP contribution is -2.00. The predicted octanol–water partition coefficient (Wildman–Crippen LogP) is 1.29. The summed E-state index contributed by atoms with van der Waals surface area (Å²) in [7, 11) is 0. The second kappa shape index (κ2) is 4.24. The van der Waals surface area contributed by atoms with Crippen LogP contribution in [0.3, 0.4) is 0 Å². The summed E-state index contributed by atoms with van der Waals surface area (Å²) < 4.78 is 0. The highest BCUT2D eigenvalue weighted by molar-refractivity contribution is 5.42. The molecule has 2 N–H and O–H groups in total. The number of H-pyrrole nitrogens is 1. The van der Waals surface area contributed by atoms with Crippen molar-refractivity contribution in [2.75, 3.05) is 5.32 Å². The van der Waals surface area contributed by atoms with Gasteiger partial charge >= 0.3 is 0 Å². The molecular weight excluding hydrogens is 190 g/mol. The average molecular weight is 199 g/mol. The number of nitriles is 1. The SMILES string of the molecule is N#Cc1ccnc(NCc2cn[nH]c2)c1. The smallest absolute Gasteiger partial charge is 0.127 e. The first-order chi connectivity index (χ1) is 7.38. The lowest BCUT2D eigenvalue weighted by atomic mass is 10.3. The van der Waals surface area contributed by atoms with Crippen molar-refractivity contribution >= 4 is 5.82 Å². The van der Waals surface area contributed by atoms with Crippen LogP contribution < -0.4 is 5.32 Å². The van der Waals surface area contributed by atoms with Crippen molar-refractivity contribution in [2.24, 2.45) is 0 Å². The van der Waals surface area contributed by atoms with Crippen molar-refractivity contribution in [3.63, 3.8) is 0 Å². The maximum Gasteiger partial charge on any atom is 0.127 e. The Hall–Kier alpha value is -2.35. The largest absolute Gasteiger partial charge is 0.366 e. The van der Waals surface area contributed by atoms with Crippen LogP contribution in [0.2, 0.25) is 0 Å². The van der Waals surface area contributed by atoms with Crippen LogP contribution >= 0.6 is 0 Å². The summed E-state index contributed by atoms with van der Waals surface area (Å²) in [6.07, 6.45) is 5.15. The van der Waals surface area contributed by atoms with E-state index >= 15 is 0 Å². The van der Waals surface area contributed by atoms with E-state index in [1.165, 1.54) is 0 Å². The molecule has 0 aliphatic rings. The Kier molecular flexibility index (Phi) is 2.61. The van der Waals surface area contributed by atoms with Crippen molar-refractivity contribution in [2.45, 2.75) is 6.54 Å². The van der Waals surface area contributed by atoms with Crippen LogP contribution in [0.15, 0.2) is 30.7 Å². The van der Waals surface area contributed by atoms with Gasteiger partial charge in [-0.3, -0.25) is 5.10 Å². The second-order valence-corrected chi connectivity index (χ2v) is 3.00. The molecule has 2 aromatic heterocycles. The Morgan fingerprint density at radius 3 is 3.20 bits per heavy atom. The third-order valence-electron chi connectivity index (χ3n) is 1.92. The molecule has 0 saturated heterocycles. The molecule has 0 radical (unpaired) electrons. The molecule has 0 bridgehead atoms. The highest BCUT2D eigenvalue weighted by Gasteiger charge is 1.97. The lowest BCUT2D eigenvalue weighted by molar-refractivity contribution is 1.09. The van der Waals surface area contributed by atoms with Crippen molar-refractivity contribution in [3.05, 3.63) is 41.9 Å². The van der Waals surface area contributed by atoms with Gasteiger partial charge in [-0.05, 0) is 12.1 Å². The van der Waals surface area contributed by atoms with E-state index in [9.17, 15) is 0 Å². The predicted molar refractivity (Wildman–Crippen MR) is 54.9 cm³/mol. The van der Waals surface area contributed by atoms with Crippen LogP contribution in [0.4, 0.5) is 5.82 Å². The zero-order valence-electron chi connectivity index (χ0n) is 7.94. The molecule has 0 unspecified atom stereocenters. The Balaban J connectivity index is 2.02. The molecule has 2 aromatic rings. The molecular formula is C10H9N5. The van der Waals surface area contributed by atoms with Gasteiger partial charge < -0.3 is 5.32 Å². The van der Waals surface area contributed by atoms with Crippen LogP contribution in [-0.2, 0) is 6.54 Å². The van der Waals surface area contributed by atoms with Crippen molar-refractivity contribution in [1.29, 1.82) is 5.26 Å². The van der Waals surface area contributed by atoms with Gasteiger partial charge in [0.15, 0.2) is 0 Å². The standard InChI is InChI=1S/C10H9N5/c11-4-8-1-2-12-10(3-8)13-5-9-6-14-15-7-9/h1-3,6-7H,5H2,(H,12,13)(H,14,15). The summed E-state index contributed by atoms with van der Waals surface area (Å²) >= 11 is 0. The van der Waals surface area contributed by atoms with Gasteiger partial charge in [-0.25, -0.2) is 4.98 Å². The summed E-state index contributed by atoms with van der Waals surface area (Å²) in [6, 6.07) is 5.44. The molecule has 2 heterocycles. The van der Waals surface area contributed by atoms with E-state index in [0.29, 0.717) is 17.9 Å². The number of pyridine rings is 1. The van der Waals surface area contributed by atoms with Gasteiger partial charge in [0.2, 0.25) is 0 Å². The number of nitrogens with zero attached hydrogens (tertiary/aromatic N) is 3. The minimum Gasteiger partial charge on any atom is -0.366 e. The monoisotopic (exact) mass is 199 g/mol. The molecule has 0 aliphatic carbocycles. The van der Waals surface area contributed by atoms with Gasteiger partial charge in [-0.1, -0.05) is 0 Å². The fourth-order valence-electron chi connectivity index (χ4n) is 1.16. The zero-order chi connectivity index (χ0) is 10.5. The quantitative estimate of drug-likeness (QED) is 0.780. The number of nitrogens with one attached hydrogen (secondary N) is 2. The van der Waals surface area contributed by atoms with Crippen LogP contribution in [0.1, 0.15) is 11.1 Å². The van der Waals surface area contributed by atoms with Crippen molar-refractivity contribution in [3.8, 4) is 6.07 Å². The normalized spacial score (nSPS) is 9.53. The molecule has 5 heteroatoms. The number of rotatable bonds is 3. The Morgan fingerprint density at radius 2 is 2.47 bits per heavy atom. The maximum atomic E-state index is 8.69. The van der Waals surface area contributed by atoms with E-state index in [4.69, 9.17) is 5.26 Å². The van der Waals surface area contributed by atoms with Gasteiger partial charge in [0, 0.05) is 24.5 Å². The van der Waals surface area contributed by atoms with Crippen molar-refractivity contribution in [1.82, 2.24) is 15.2 Å². The molecule has 2 rings (SSSR count). The molecule has 0 saturated carbocycles. The van der Waals surface area contributed by atoms with Gasteiger partial charge in [0.05, 0.1) is 17.8 Å². The van der Waals surface area contributed by atoms with Gasteiger partial charge in [0.25, 0.3) is 0 Å². The number of anilines is 1. The fourth-order valence-corrected chi connectivity index (χ4v) is 1.16. The summed E-state index contributed by atoms with van der Waals surface area (Å²) in [5.74, 6) is 0.690. The van der Waals surface area contributed by atoms with E-state index in [-0.39, 0.29) is 0 Å². The minimum absolute atomic E-state index is 0.597. The van der Waals surface area contributed by atoms with Gasteiger partial charge in [-0.2, -0.15) is 10.4 Å². The van der Waals surface area contributed by atoms with E-state index in [0.717, 1.165) is 5.56 Å².